The van der Waals surface area contributed by atoms with Crippen molar-refractivity contribution in [2.24, 2.45) is 0 Å². The molecule has 0 saturated carbocycles. The lowest BCUT2D eigenvalue weighted by Crippen LogP contribution is -2.53. The Morgan fingerprint density at radius 3 is 2.71 bits per heavy atom. The molecule has 0 spiro atoms. The minimum atomic E-state index is -0.733. The van der Waals surface area contributed by atoms with Gasteiger partial charge in [-0.3, -0.25) is 14.9 Å². The number of nitro groups is 1. The van der Waals surface area contributed by atoms with E-state index in [-0.39, 0.29) is 18.7 Å². The summed E-state index contributed by atoms with van der Waals surface area (Å²) in [7, 11) is 0. The van der Waals surface area contributed by atoms with Crippen molar-refractivity contribution in [3.05, 3.63) is 39.7 Å². The number of hydrogen-bond acceptors (Lipinski definition) is 4. The van der Waals surface area contributed by atoms with Crippen molar-refractivity contribution in [1.82, 2.24) is 4.90 Å². The highest BCUT2D eigenvalue weighted by Gasteiger charge is 2.33. The standard InChI is InChI=1S/C10H9FN2O4/c11-6-1-2-9(13(16)17)8(3-6)10(15)12-4-7(14)5-12/h1-3,7,14H,4-5H2. The monoisotopic (exact) mass is 240 g/mol. The summed E-state index contributed by atoms with van der Waals surface area (Å²) in [5.74, 6) is -1.35. The molecule has 17 heavy (non-hydrogen) atoms. The van der Waals surface area contributed by atoms with E-state index in [9.17, 15) is 19.3 Å². The van der Waals surface area contributed by atoms with Gasteiger partial charge in [-0.05, 0) is 12.1 Å². The third-order valence-electron chi connectivity index (χ3n) is 2.54. The van der Waals surface area contributed by atoms with E-state index in [1.807, 2.05) is 0 Å². The fourth-order valence-electron chi connectivity index (χ4n) is 1.63. The van der Waals surface area contributed by atoms with Crippen LogP contribution in [-0.4, -0.2) is 40.0 Å². The summed E-state index contributed by atoms with van der Waals surface area (Å²) in [5.41, 5.74) is -0.723. The number of likely N-dealkylation sites (tertiary alicyclic amines) is 1. The maximum atomic E-state index is 13.0. The first-order valence-corrected chi connectivity index (χ1v) is 4.90. The summed E-state index contributed by atoms with van der Waals surface area (Å²) in [4.78, 5) is 23.0. The van der Waals surface area contributed by atoms with E-state index in [0.29, 0.717) is 0 Å². The Hall–Kier alpha value is -2.02. The van der Waals surface area contributed by atoms with Gasteiger partial charge in [0.05, 0.1) is 11.0 Å². The minimum Gasteiger partial charge on any atom is -0.389 e. The van der Waals surface area contributed by atoms with Crippen LogP contribution in [0.5, 0.6) is 0 Å². The zero-order valence-electron chi connectivity index (χ0n) is 8.67. The van der Waals surface area contributed by atoms with E-state index in [4.69, 9.17) is 5.11 Å². The molecule has 0 unspecified atom stereocenters. The van der Waals surface area contributed by atoms with Gasteiger partial charge in [-0.2, -0.15) is 0 Å². The predicted molar refractivity (Wildman–Crippen MR) is 55.0 cm³/mol. The van der Waals surface area contributed by atoms with Crippen molar-refractivity contribution >= 4 is 11.6 Å². The van der Waals surface area contributed by atoms with Crippen LogP contribution in [0.3, 0.4) is 0 Å². The summed E-state index contributed by atoms with van der Waals surface area (Å²) >= 11 is 0. The van der Waals surface area contributed by atoms with Gasteiger partial charge in [0.15, 0.2) is 0 Å². The van der Waals surface area contributed by atoms with Gasteiger partial charge in [-0.25, -0.2) is 4.39 Å². The molecule has 7 heteroatoms. The van der Waals surface area contributed by atoms with Gasteiger partial charge in [0.1, 0.15) is 11.4 Å². The quantitative estimate of drug-likeness (QED) is 0.604. The number of hydrogen-bond donors (Lipinski definition) is 1. The smallest absolute Gasteiger partial charge is 0.282 e. The number of aliphatic hydroxyl groups is 1. The van der Waals surface area contributed by atoms with Crippen LogP contribution in [-0.2, 0) is 0 Å². The molecule has 0 atom stereocenters. The van der Waals surface area contributed by atoms with Crippen molar-refractivity contribution in [3.8, 4) is 0 Å². The van der Waals surface area contributed by atoms with Gasteiger partial charge in [-0.15, -0.1) is 0 Å². The molecule has 0 radical (unpaired) electrons. The van der Waals surface area contributed by atoms with Gasteiger partial charge >= 0.3 is 0 Å². The summed E-state index contributed by atoms with van der Waals surface area (Å²) in [6, 6.07) is 2.73. The van der Waals surface area contributed by atoms with Gasteiger partial charge in [-0.1, -0.05) is 0 Å². The minimum absolute atomic E-state index is 0.118. The second-order valence-corrected chi connectivity index (χ2v) is 3.78. The highest BCUT2D eigenvalue weighted by molar-refractivity contribution is 5.98. The van der Waals surface area contributed by atoms with Crippen LogP contribution in [0.4, 0.5) is 10.1 Å². The van der Waals surface area contributed by atoms with Crippen molar-refractivity contribution in [3.63, 3.8) is 0 Å². The van der Waals surface area contributed by atoms with E-state index in [2.05, 4.69) is 0 Å². The molecule has 6 nitrogen and oxygen atoms in total. The Morgan fingerprint density at radius 1 is 1.53 bits per heavy atom. The van der Waals surface area contributed by atoms with Crippen molar-refractivity contribution in [2.45, 2.75) is 6.10 Å². The molecule has 0 aliphatic carbocycles. The van der Waals surface area contributed by atoms with Crippen molar-refractivity contribution in [2.75, 3.05) is 13.1 Å². The fourth-order valence-corrected chi connectivity index (χ4v) is 1.63. The van der Waals surface area contributed by atoms with E-state index in [1.165, 1.54) is 4.90 Å². The second-order valence-electron chi connectivity index (χ2n) is 3.78. The highest BCUT2D eigenvalue weighted by Crippen LogP contribution is 2.23. The first kappa shape index (κ1) is 11.5. The number of carbonyl (C=O) groups is 1. The van der Waals surface area contributed by atoms with Crippen LogP contribution in [0, 0.1) is 15.9 Å². The first-order valence-electron chi connectivity index (χ1n) is 4.90. The molecule has 1 aromatic rings. The van der Waals surface area contributed by atoms with E-state index in [1.54, 1.807) is 0 Å². The summed E-state index contributed by atoms with van der Waals surface area (Å²) < 4.78 is 13.0. The molecular formula is C10H9FN2O4. The number of rotatable bonds is 2. The number of halogens is 1. The number of carbonyl (C=O) groups excluding carboxylic acids is 1. The molecule has 1 amide bonds. The Bertz CT molecular complexity index is 485. The van der Waals surface area contributed by atoms with Gasteiger partial charge in [0.25, 0.3) is 11.6 Å². The average Bonchev–Trinajstić information content (AvgIpc) is 2.23. The van der Waals surface area contributed by atoms with E-state index in [0.717, 1.165) is 18.2 Å². The molecule has 1 fully saturated rings. The number of amides is 1. The van der Waals surface area contributed by atoms with Crippen LogP contribution in [0.15, 0.2) is 18.2 Å². The average molecular weight is 240 g/mol. The molecule has 1 heterocycles. The topological polar surface area (TPSA) is 83.7 Å². The van der Waals surface area contributed by atoms with E-state index < -0.39 is 28.4 Å². The normalized spacial score (nSPS) is 15.5. The summed E-state index contributed by atoms with van der Waals surface area (Å²) in [6.07, 6.45) is -0.605. The third-order valence-corrected chi connectivity index (χ3v) is 2.54. The maximum absolute atomic E-state index is 13.0. The zero-order valence-corrected chi connectivity index (χ0v) is 8.67. The number of nitro benzene ring substituents is 1. The van der Waals surface area contributed by atoms with Crippen LogP contribution >= 0.6 is 0 Å². The number of nitrogens with zero attached hydrogens (tertiary/aromatic N) is 2. The Morgan fingerprint density at radius 2 is 2.18 bits per heavy atom. The highest BCUT2D eigenvalue weighted by atomic mass is 19.1. The lowest BCUT2D eigenvalue weighted by molar-refractivity contribution is -0.385. The lowest BCUT2D eigenvalue weighted by Gasteiger charge is -2.35. The fraction of sp³-hybridized carbons (Fsp3) is 0.300. The molecule has 90 valence electrons. The number of β-amino-alcohol motifs (C(OH)–C–C–N with tert-alkyl or cyclic N) is 1. The molecule has 1 N–H and O–H groups in total. The van der Waals surface area contributed by atoms with Crippen LogP contribution in [0.25, 0.3) is 0 Å². The molecule has 1 aromatic carbocycles. The molecule has 0 bridgehead atoms. The predicted octanol–water partition coefficient (Wildman–Crippen LogP) is 0.551. The SMILES string of the molecule is O=C(c1cc(F)ccc1[N+](=O)[O-])N1CC(O)C1. The number of benzene rings is 1. The molecule has 0 aromatic heterocycles. The molecule has 2 rings (SSSR count). The van der Waals surface area contributed by atoms with Gasteiger partial charge in [0.2, 0.25) is 0 Å². The second kappa shape index (κ2) is 4.10. The van der Waals surface area contributed by atoms with Crippen LogP contribution in [0.1, 0.15) is 10.4 Å². The van der Waals surface area contributed by atoms with Crippen molar-refractivity contribution < 1.29 is 19.2 Å². The molecule has 1 aliphatic heterocycles. The third kappa shape index (κ3) is 2.09. The number of aliphatic hydroxyl groups excluding tert-OH is 1. The van der Waals surface area contributed by atoms with Crippen LogP contribution in [0.2, 0.25) is 0 Å². The Kier molecular flexibility index (Phi) is 2.76. The van der Waals surface area contributed by atoms with Crippen LogP contribution < -0.4 is 0 Å². The largest absolute Gasteiger partial charge is 0.389 e. The Balaban J connectivity index is 2.33. The molecule has 1 aliphatic rings. The lowest BCUT2D eigenvalue weighted by atomic mass is 10.1. The first-order chi connectivity index (χ1) is 7.99. The molecular weight excluding hydrogens is 231 g/mol. The summed E-state index contributed by atoms with van der Waals surface area (Å²) in [6.45, 7) is 0.235. The Labute approximate surface area is 95.4 Å². The van der Waals surface area contributed by atoms with Crippen molar-refractivity contribution in [1.29, 1.82) is 0 Å². The molecule has 1 saturated heterocycles. The van der Waals surface area contributed by atoms with E-state index >= 15 is 0 Å². The summed E-state index contributed by atoms with van der Waals surface area (Å²) in [5, 5.41) is 19.7. The maximum Gasteiger partial charge on any atom is 0.282 e. The zero-order chi connectivity index (χ0) is 12.6. The van der Waals surface area contributed by atoms with Gasteiger partial charge in [0, 0.05) is 19.2 Å². The van der Waals surface area contributed by atoms with Gasteiger partial charge < -0.3 is 10.0 Å².